The van der Waals surface area contributed by atoms with E-state index >= 15 is 0 Å². The molecule has 0 saturated carbocycles. The Kier molecular flexibility index (Phi) is 4.95. The fourth-order valence-electron chi connectivity index (χ4n) is 2.50. The van der Waals surface area contributed by atoms with Crippen molar-refractivity contribution in [1.29, 1.82) is 0 Å². The molecule has 0 radical (unpaired) electrons. The van der Waals surface area contributed by atoms with Gasteiger partial charge < -0.3 is 14.7 Å². The average molecular weight is 281 g/mol. The molecule has 1 aromatic carbocycles. The molecule has 1 fully saturated rings. The highest BCUT2D eigenvalue weighted by atomic mass is 19.1. The SMILES string of the molecule is CC(Oc1cccc(F)c1)C(=O)N1CCC(CCO)C1. The van der Waals surface area contributed by atoms with Crippen molar-refractivity contribution < 1.29 is 19.0 Å². The number of aliphatic hydroxyl groups is 1. The zero-order chi connectivity index (χ0) is 14.5. The summed E-state index contributed by atoms with van der Waals surface area (Å²) in [6, 6.07) is 5.78. The Morgan fingerprint density at radius 3 is 3.10 bits per heavy atom. The zero-order valence-electron chi connectivity index (χ0n) is 11.6. The molecule has 0 bridgehead atoms. The molecule has 0 spiro atoms. The number of benzene rings is 1. The molecule has 1 amide bonds. The smallest absolute Gasteiger partial charge is 0.263 e. The molecule has 0 aromatic heterocycles. The van der Waals surface area contributed by atoms with Crippen LogP contribution in [0.2, 0.25) is 0 Å². The van der Waals surface area contributed by atoms with Gasteiger partial charge in [0, 0.05) is 25.8 Å². The molecule has 0 aliphatic carbocycles. The Balaban J connectivity index is 1.89. The molecule has 4 nitrogen and oxygen atoms in total. The zero-order valence-corrected chi connectivity index (χ0v) is 11.6. The number of aliphatic hydroxyl groups excluding tert-OH is 1. The first kappa shape index (κ1) is 14.8. The van der Waals surface area contributed by atoms with Gasteiger partial charge in [0.2, 0.25) is 0 Å². The summed E-state index contributed by atoms with van der Waals surface area (Å²) in [6.07, 6.45) is 1.01. The molecule has 2 unspecified atom stereocenters. The highest BCUT2D eigenvalue weighted by Gasteiger charge is 2.29. The third-order valence-electron chi connectivity index (χ3n) is 3.59. The topological polar surface area (TPSA) is 49.8 Å². The van der Waals surface area contributed by atoms with Crippen molar-refractivity contribution in [2.75, 3.05) is 19.7 Å². The number of carbonyl (C=O) groups is 1. The van der Waals surface area contributed by atoms with Crippen molar-refractivity contribution in [3.63, 3.8) is 0 Å². The molecule has 5 heteroatoms. The molecule has 1 saturated heterocycles. The van der Waals surface area contributed by atoms with E-state index in [4.69, 9.17) is 9.84 Å². The minimum Gasteiger partial charge on any atom is -0.481 e. The molecule has 1 N–H and O–H groups in total. The van der Waals surface area contributed by atoms with Crippen molar-refractivity contribution in [2.45, 2.75) is 25.9 Å². The highest BCUT2D eigenvalue weighted by molar-refractivity contribution is 5.81. The number of hydrogen-bond donors (Lipinski definition) is 1. The minimum absolute atomic E-state index is 0.0882. The van der Waals surface area contributed by atoms with Gasteiger partial charge in [0.15, 0.2) is 6.10 Å². The van der Waals surface area contributed by atoms with E-state index in [1.165, 1.54) is 12.1 Å². The van der Waals surface area contributed by atoms with Gasteiger partial charge in [-0.05, 0) is 37.8 Å². The Bertz CT molecular complexity index is 466. The van der Waals surface area contributed by atoms with Crippen LogP contribution in [0.25, 0.3) is 0 Å². The predicted molar refractivity (Wildman–Crippen MR) is 72.9 cm³/mol. The minimum atomic E-state index is -0.635. The molecule has 20 heavy (non-hydrogen) atoms. The van der Waals surface area contributed by atoms with Crippen LogP contribution < -0.4 is 4.74 Å². The van der Waals surface area contributed by atoms with Crippen LogP contribution in [0.5, 0.6) is 5.75 Å². The van der Waals surface area contributed by atoms with Crippen LogP contribution in [0.3, 0.4) is 0 Å². The highest BCUT2D eigenvalue weighted by Crippen LogP contribution is 2.21. The van der Waals surface area contributed by atoms with E-state index in [-0.39, 0.29) is 18.3 Å². The molecule has 1 aromatic rings. The summed E-state index contributed by atoms with van der Waals surface area (Å²) in [5.41, 5.74) is 0. The van der Waals surface area contributed by atoms with E-state index < -0.39 is 6.10 Å². The van der Waals surface area contributed by atoms with Crippen molar-refractivity contribution in [3.05, 3.63) is 30.1 Å². The van der Waals surface area contributed by atoms with Crippen LogP contribution in [0.15, 0.2) is 24.3 Å². The summed E-state index contributed by atoms with van der Waals surface area (Å²) in [4.78, 5) is 14.0. The first-order valence-corrected chi connectivity index (χ1v) is 6.92. The quantitative estimate of drug-likeness (QED) is 0.895. The number of ether oxygens (including phenoxy) is 1. The Morgan fingerprint density at radius 2 is 2.40 bits per heavy atom. The van der Waals surface area contributed by atoms with Gasteiger partial charge in [-0.1, -0.05) is 6.07 Å². The molecule has 1 heterocycles. The lowest BCUT2D eigenvalue weighted by molar-refractivity contribution is -0.137. The largest absolute Gasteiger partial charge is 0.481 e. The standard InChI is InChI=1S/C15H20FNO3/c1-11(20-14-4-2-3-13(16)9-14)15(19)17-7-5-12(10-17)6-8-18/h2-4,9,11-12,18H,5-8,10H2,1H3. The number of halogens is 1. The monoisotopic (exact) mass is 281 g/mol. The molecule has 1 aliphatic heterocycles. The van der Waals surface area contributed by atoms with Crippen molar-refractivity contribution in [1.82, 2.24) is 4.90 Å². The van der Waals surface area contributed by atoms with Gasteiger partial charge in [0.25, 0.3) is 5.91 Å². The van der Waals surface area contributed by atoms with Crippen molar-refractivity contribution in [3.8, 4) is 5.75 Å². The summed E-state index contributed by atoms with van der Waals surface area (Å²) >= 11 is 0. The summed E-state index contributed by atoms with van der Waals surface area (Å²) < 4.78 is 18.5. The van der Waals surface area contributed by atoms with Gasteiger partial charge in [-0.25, -0.2) is 4.39 Å². The second kappa shape index (κ2) is 6.70. The predicted octanol–water partition coefficient (Wildman–Crippen LogP) is 1.82. The maximum atomic E-state index is 13.1. The second-order valence-corrected chi connectivity index (χ2v) is 5.17. The fourth-order valence-corrected chi connectivity index (χ4v) is 2.50. The summed E-state index contributed by atoms with van der Waals surface area (Å²) in [5, 5.41) is 8.92. The third-order valence-corrected chi connectivity index (χ3v) is 3.59. The van der Waals surface area contributed by atoms with Crippen molar-refractivity contribution in [2.24, 2.45) is 5.92 Å². The van der Waals surface area contributed by atoms with E-state index in [9.17, 15) is 9.18 Å². The third kappa shape index (κ3) is 3.70. The van der Waals surface area contributed by atoms with Crippen LogP contribution in [-0.4, -0.2) is 41.7 Å². The second-order valence-electron chi connectivity index (χ2n) is 5.17. The van der Waals surface area contributed by atoms with E-state index in [1.807, 2.05) is 0 Å². The lowest BCUT2D eigenvalue weighted by atomic mass is 10.1. The van der Waals surface area contributed by atoms with E-state index in [0.29, 0.717) is 24.8 Å². The first-order valence-electron chi connectivity index (χ1n) is 6.92. The van der Waals surface area contributed by atoms with Crippen LogP contribution in [0.4, 0.5) is 4.39 Å². The summed E-state index contributed by atoms with van der Waals surface area (Å²) in [7, 11) is 0. The van der Waals surface area contributed by atoms with E-state index in [2.05, 4.69) is 0 Å². The van der Waals surface area contributed by atoms with Gasteiger partial charge in [-0.3, -0.25) is 4.79 Å². The van der Waals surface area contributed by atoms with Crippen LogP contribution in [0, 0.1) is 11.7 Å². The number of hydrogen-bond acceptors (Lipinski definition) is 3. The molecule has 2 rings (SSSR count). The molecule has 2 atom stereocenters. The number of carbonyl (C=O) groups excluding carboxylic acids is 1. The maximum absolute atomic E-state index is 13.1. The number of nitrogens with zero attached hydrogens (tertiary/aromatic N) is 1. The van der Waals surface area contributed by atoms with Crippen LogP contribution in [0.1, 0.15) is 19.8 Å². The average Bonchev–Trinajstić information content (AvgIpc) is 2.87. The number of rotatable bonds is 5. The fraction of sp³-hybridized carbons (Fsp3) is 0.533. The van der Waals surface area contributed by atoms with Crippen LogP contribution in [-0.2, 0) is 4.79 Å². The van der Waals surface area contributed by atoms with Gasteiger partial charge in [-0.2, -0.15) is 0 Å². The van der Waals surface area contributed by atoms with Gasteiger partial charge in [-0.15, -0.1) is 0 Å². The lowest BCUT2D eigenvalue weighted by Gasteiger charge is -2.21. The normalized spacial score (nSPS) is 19.9. The Morgan fingerprint density at radius 1 is 1.60 bits per heavy atom. The van der Waals surface area contributed by atoms with E-state index in [0.717, 1.165) is 12.8 Å². The molecular weight excluding hydrogens is 261 g/mol. The first-order chi connectivity index (χ1) is 9.60. The lowest BCUT2D eigenvalue weighted by Crippen LogP contribution is -2.39. The van der Waals surface area contributed by atoms with Gasteiger partial charge >= 0.3 is 0 Å². The molecule has 1 aliphatic rings. The molecular formula is C15H20FNO3. The van der Waals surface area contributed by atoms with Crippen LogP contribution >= 0.6 is 0 Å². The summed E-state index contributed by atoms with van der Waals surface area (Å²) in [5.74, 6) is 0.253. The number of amides is 1. The Labute approximate surface area is 118 Å². The molecule has 110 valence electrons. The van der Waals surface area contributed by atoms with Crippen molar-refractivity contribution >= 4 is 5.91 Å². The van der Waals surface area contributed by atoms with E-state index in [1.54, 1.807) is 24.0 Å². The Hall–Kier alpha value is -1.62. The summed E-state index contributed by atoms with van der Waals surface area (Å²) in [6.45, 7) is 3.19. The number of likely N-dealkylation sites (tertiary alicyclic amines) is 1. The van der Waals surface area contributed by atoms with Gasteiger partial charge in [0.05, 0.1) is 0 Å². The maximum Gasteiger partial charge on any atom is 0.263 e. The van der Waals surface area contributed by atoms with Gasteiger partial charge in [0.1, 0.15) is 11.6 Å².